The van der Waals surface area contributed by atoms with E-state index in [2.05, 4.69) is 5.32 Å². The van der Waals surface area contributed by atoms with Gasteiger partial charge in [0.05, 0.1) is 11.5 Å². The Kier molecular flexibility index (Phi) is 6.36. The van der Waals surface area contributed by atoms with Gasteiger partial charge in [0.25, 0.3) is 5.91 Å². The minimum Gasteiger partial charge on any atom is -0.494 e. The number of aryl methyl sites for hydroxylation is 1. The first-order chi connectivity index (χ1) is 13.4. The fourth-order valence-corrected chi connectivity index (χ4v) is 5.07. The average molecular weight is 403 g/mol. The summed E-state index contributed by atoms with van der Waals surface area (Å²) in [6, 6.07) is 11.9. The Labute approximate surface area is 166 Å². The smallest absolute Gasteiger partial charge is 0.255 e. The van der Waals surface area contributed by atoms with Gasteiger partial charge in [-0.25, -0.2) is 8.42 Å². The predicted octanol–water partition coefficient (Wildman–Crippen LogP) is 3.82. The molecule has 0 radical (unpaired) electrons. The molecule has 0 unspecified atom stereocenters. The van der Waals surface area contributed by atoms with Gasteiger partial charge in [0.1, 0.15) is 5.75 Å². The molecular weight excluding hydrogens is 376 g/mol. The number of hydrogen-bond donors (Lipinski definition) is 1. The molecule has 3 rings (SSSR count). The zero-order chi connectivity index (χ0) is 20.1. The Morgan fingerprint density at radius 2 is 1.86 bits per heavy atom. The van der Waals surface area contributed by atoms with Crippen LogP contribution in [-0.4, -0.2) is 38.3 Å². The lowest BCUT2D eigenvalue weighted by Gasteiger charge is -2.26. The Bertz CT molecular complexity index is 951. The molecule has 150 valence electrons. The van der Waals surface area contributed by atoms with Crippen LogP contribution in [0.4, 0.5) is 5.69 Å². The fourth-order valence-electron chi connectivity index (χ4n) is 3.30. The van der Waals surface area contributed by atoms with E-state index >= 15 is 0 Å². The van der Waals surface area contributed by atoms with Crippen molar-refractivity contribution in [3.8, 4) is 5.75 Å². The lowest BCUT2D eigenvalue weighted by atomic mass is 10.1. The van der Waals surface area contributed by atoms with Crippen molar-refractivity contribution in [2.75, 3.05) is 25.0 Å². The number of anilines is 1. The average Bonchev–Trinajstić information content (AvgIpc) is 2.69. The SMILES string of the molecule is CCOc1cccc(NC(=O)c2ccc(C)c(S(=O)(=O)N3CCCCC3)c2)c1. The van der Waals surface area contributed by atoms with Gasteiger partial charge < -0.3 is 10.1 Å². The van der Waals surface area contributed by atoms with Crippen LogP contribution >= 0.6 is 0 Å². The highest BCUT2D eigenvalue weighted by molar-refractivity contribution is 7.89. The molecule has 1 N–H and O–H groups in total. The number of sulfonamides is 1. The van der Waals surface area contributed by atoms with Crippen LogP contribution in [0.3, 0.4) is 0 Å². The molecule has 2 aromatic carbocycles. The van der Waals surface area contributed by atoms with Crippen molar-refractivity contribution in [2.24, 2.45) is 0 Å². The Balaban J connectivity index is 1.84. The van der Waals surface area contributed by atoms with Gasteiger partial charge in [-0.1, -0.05) is 18.6 Å². The first-order valence-electron chi connectivity index (χ1n) is 9.57. The highest BCUT2D eigenvalue weighted by Gasteiger charge is 2.28. The van der Waals surface area contributed by atoms with Gasteiger partial charge in [-0.3, -0.25) is 4.79 Å². The molecule has 0 aliphatic carbocycles. The molecule has 1 saturated heterocycles. The van der Waals surface area contributed by atoms with Crippen molar-refractivity contribution in [1.29, 1.82) is 0 Å². The molecule has 6 nitrogen and oxygen atoms in total. The van der Waals surface area contributed by atoms with E-state index in [-0.39, 0.29) is 10.8 Å². The zero-order valence-corrected chi connectivity index (χ0v) is 17.1. The molecule has 2 aromatic rings. The number of nitrogens with one attached hydrogen (secondary N) is 1. The number of amides is 1. The normalized spacial score (nSPS) is 15.2. The molecule has 1 aliphatic rings. The molecule has 0 aromatic heterocycles. The van der Waals surface area contributed by atoms with Gasteiger partial charge in [-0.05, 0) is 56.5 Å². The van der Waals surface area contributed by atoms with Gasteiger partial charge in [0.2, 0.25) is 10.0 Å². The maximum Gasteiger partial charge on any atom is 0.255 e. The van der Waals surface area contributed by atoms with Gasteiger partial charge in [0.15, 0.2) is 0 Å². The third kappa shape index (κ3) is 4.54. The molecule has 1 amide bonds. The van der Waals surface area contributed by atoms with E-state index in [1.54, 1.807) is 37.3 Å². The van der Waals surface area contributed by atoms with Crippen molar-refractivity contribution in [1.82, 2.24) is 4.31 Å². The molecule has 7 heteroatoms. The second kappa shape index (κ2) is 8.75. The third-order valence-corrected chi connectivity index (χ3v) is 6.83. The van der Waals surface area contributed by atoms with E-state index in [4.69, 9.17) is 4.74 Å². The van der Waals surface area contributed by atoms with E-state index in [1.165, 1.54) is 10.4 Å². The number of piperidine rings is 1. The molecule has 0 saturated carbocycles. The highest BCUT2D eigenvalue weighted by atomic mass is 32.2. The largest absolute Gasteiger partial charge is 0.494 e. The Hall–Kier alpha value is -2.38. The topological polar surface area (TPSA) is 75.7 Å². The first kappa shape index (κ1) is 20.4. The van der Waals surface area contributed by atoms with Crippen molar-refractivity contribution in [2.45, 2.75) is 38.0 Å². The van der Waals surface area contributed by atoms with Crippen LogP contribution in [0.15, 0.2) is 47.4 Å². The van der Waals surface area contributed by atoms with Crippen molar-refractivity contribution in [3.05, 3.63) is 53.6 Å². The first-order valence-corrected chi connectivity index (χ1v) is 11.0. The summed E-state index contributed by atoms with van der Waals surface area (Å²) < 4.78 is 33.0. The van der Waals surface area contributed by atoms with E-state index in [9.17, 15) is 13.2 Å². The van der Waals surface area contributed by atoms with E-state index in [1.807, 2.05) is 13.0 Å². The monoisotopic (exact) mass is 402 g/mol. The number of nitrogens with zero attached hydrogens (tertiary/aromatic N) is 1. The van der Waals surface area contributed by atoms with Crippen LogP contribution in [0.1, 0.15) is 42.1 Å². The number of carbonyl (C=O) groups excluding carboxylic acids is 1. The lowest BCUT2D eigenvalue weighted by molar-refractivity contribution is 0.102. The second-order valence-electron chi connectivity index (χ2n) is 6.86. The molecule has 0 spiro atoms. The Morgan fingerprint density at radius 1 is 1.11 bits per heavy atom. The van der Waals surface area contributed by atoms with Gasteiger partial charge in [-0.2, -0.15) is 4.31 Å². The van der Waals surface area contributed by atoms with E-state index in [0.29, 0.717) is 42.3 Å². The number of rotatable bonds is 6. The van der Waals surface area contributed by atoms with Crippen LogP contribution in [0.2, 0.25) is 0 Å². The van der Waals surface area contributed by atoms with Gasteiger partial charge >= 0.3 is 0 Å². The summed E-state index contributed by atoms with van der Waals surface area (Å²) in [5.74, 6) is 0.307. The summed E-state index contributed by atoms with van der Waals surface area (Å²) >= 11 is 0. The lowest BCUT2D eigenvalue weighted by Crippen LogP contribution is -2.36. The third-order valence-electron chi connectivity index (χ3n) is 4.79. The Morgan fingerprint density at radius 3 is 2.57 bits per heavy atom. The van der Waals surface area contributed by atoms with Crippen LogP contribution in [0.25, 0.3) is 0 Å². The summed E-state index contributed by atoms with van der Waals surface area (Å²) in [6.07, 6.45) is 2.79. The molecule has 0 bridgehead atoms. The fraction of sp³-hybridized carbons (Fsp3) is 0.381. The molecular formula is C21H26N2O4S. The molecule has 1 fully saturated rings. The van der Waals surface area contributed by atoms with Crippen LogP contribution in [0.5, 0.6) is 5.75 Å². The number of benzene rings is 2. The van der Waals surface area contributed by atoms with Crippen LogP contribution in [-0.2, 0) is 10.0 Å². The molecule has 0 atom stereocenters. The van der Waals surface area contributed by atoms with Crippen LogP contribution in [0, 0.1) is 6.92 Å². The van der Waals surface area contributed by atoms with Crippen LogP contribution < -0.4 is 10.1 Å². The number of ether oxygens (including phenoxy) is 1. The highest BCUT2D eigenvalue weighted by Crippen LogP contribution is 2.25. The van der Waals surface area contributed by atoms with E-state index < -0.39 is 10.0 Å². The summed E-state index contributed by atoms with van der Waals surface area (Å²) in [7, 11) is -3.60. The summed E-state index contributed by atoms with van der Waals surface area (Å²) in [5.41, 5.74) is 1.54. The van der Waals surface area contributed by atoms with E-state index in [0.717, 1.165) is 19.3 Å². The standard InChI is InChI=1S/C21H26N2O4S/c1-3-27-19-9-7-8-18(15-19)22-21(24)17-11-10-16(2)20(14-17)28(25,26)23-12-5-4-6-13-23/h7-11,14-15H,3-6,12-13H2,1-2H3,(H,22,24). The minimum absolute atomic E-state index is 0.199. The zero-order valence-electron chi connectivity index (χ0n) is 16.3. The predicted molar refractivity (Wildman–Crippen MR) is 109 cm³/mol. The molecule has 28 heavy (non-hydrogen) atoms. The number of carbonyl (C=O) groups is 1. The van der Waals surface area contributed by atoms with Crippen molar-refractivity contribution < 1.29 is 17.9 Å². The van der Waals surface area contributed by atoms with Crippen molar-refractivity contribution >= 4 is 21.6 Å². The summed E-state index contributed by atoms with van der Waals surface area (Å²) in [5, 5.41) is 2.81. The quantitative estimate of drug-likeness (QED) is 0.797. The molecule has 1 aliphatic heterocycles. The summed E-state index contributed by atoms with van der Waals surface area (Å²) in [6.45, 7) is 5.24. The number of hydrogen-bond acceptors (Lipinski definition) is 4. The summed E-state index contributed by atoms with van der Waals surface area (Å²) in [4.78, 5) is 12.9. The van der Waals surface area contributed by atoms with Gasteiger partial charge in [0, 0.05) is 30.4 Å². The maximum atomic E-state index is 13.0. The van der Waals surface area contributed by atoms with Gasteiger partial charge in [-0.15, -0.1) is 0 Å². The maximum absolute atomic E-state index is 13.0. The van der Waals surface area contributed by atoms with Crippen molar-refractivity contribution in [3.63, 3.8) is 0 Å². The molecule has 1 heterocycles. The minimum atomic E-state index is -3.60. The second-order valence-corrected chi connectivity index (χ2v) is 8.77.